The first-order chi connectivity index (χ1) is 8.29. The maximum absolute atomic E-state index is 12.6. The molecule has 0 unspecified atom stereocenters. The molecule has 1 rings (SSSR count). The topological polar surface area (TPSA) is 51.2 Å². The van der Waals surface area contributed by atoms with E-state index in [4.69, 9.17) is 4.74 Å². The Bertz CT molecular complexity index is 417. The standard InChI is InChI=1S/C12H16F2N2O2/c1-12(2,3)18-11(17)16-7-8-5-4-6-15-9(8)10(13)14/h4-6,10H,7H2,1-3H3,(H,16,17). The summed E-state index contributed by atoms with van der Waals surface area (Å²) in [6, 6.07) is 3.03. The summed E-state index contributed by atoms with van der Waals surface area (Å²) in [4.78, 5) is 15.0. The minimum absolute atomic E-state index is 0.0393. The summed E-state index contributed by atoms with van der Waals surface area (Å²) in [6.07, 6.45) is -2.02. The Morgan fingerprint density at radius 3 is 2.72 bits per heavy atom. The van der Waals surface area contributed by atoms with E-state index in [0.29, 0.717) is 0 Å². The Morgan fingerprint density at radius 1 is 1.50 bits per heavy atom. The summed E-state index contributed by atoms with van der Waals surface area (Å²) < 4.78 is 30.2. The van der Waals surface area contributed by atoms with E-state index in [1.807, 2.05) is 0 Å². The first-order valence-electron chi connectivity index (χ1n) is 5.48. The van der Waals surface area contributed by atoms with E-state index in [1.165, 1.54) is 18.3 Å². The third-order valence-corrected chi connectivity index (χ3v) is 1.95. The summed E-state index contributed by atoms with van der Waals surface area (Å²) in [6.45, 7) is 5.13. The van der Waals surface area contributed by atoms with E-state index in [-0.39, 0.29) is 17.8 Å². The van der Waals surface area contributed by atoms with Crippen LogP contribution in [-0.2, 0) is 11.3 Å². The highest BCUT2D eigenvalue weighted by Gasteiger charge is 2.18. The average molecular weight is 258 g/mol. The highest BCUT2D eigenvalue weighted by Crippen LogP contribution is 2.20. The molecule has 18 heavy (non-hydrogen) atoms. The number of pyridine rings is 1. The molecule has 1 aromatic rings. The fraction of sp³-hybridized carbons (Fsp3) is 0.500. The number of alkyl halides is 2. The molecule has 0 spiro atoms. The average Bonchev–Trinajstić information content (AvgIpc) is 2.24. The van der Waals surface area contributed by atoms with Gasteiger partial charge in [0.1, 0.15) is 11.3 Å². The molecule has 1 amide bonds. The molecule has 6 heteroatoms. The van der Waals surface area contributed by atoms with Crippen molar-refractivity contribution in [1.82, 2.24) is 10.3 Å². The number of aromatic nitrogens is 1. The zero-order valence-electron chi connectivity index (χ0n) is 10.5. The van der Waals surface area contributed by atoms with E-state index in [9.17, 15) is 13.6 Å². The molecule has 1 heterocycles. The van der Waals surface area contributed by atoms with E-state index in [0.717, 1.165) is 0 Å². The number of carbonyl (C=O) groups is 1. The van der Waals surface area contributed by atoms with Gasteiger partial charge in [-0.25, -0.2) is 13.6 Å². The van der Waals surface area contributed by atoms with Gasteiger partial charge in [-0.05, 0) is 32.4 Å². The minimum atomic E-state index is -2.67. The van der Waals surface area contributed by atoms with Crippen LogP contribution in [0.15, 0.2) is 18.3 Å². The summed E-state index contributed by atoms with van der Waals surface area (Å²) in [5.74, 6) is 0. The molecule has 0 aliphatic rings. The van der Waals surface area contributed by atoms with Crippen molar-refractivity contribution in [3.8, 4) is 0 Å². The molecule has 100 valence electrons. The third kappa shape index (κ3) is 4.65. The van der Waals surface area contributed by atoms with Crippen molar-refractivity contribution in [2.45, 2.75) is 39.3 Å². The molecule has 0 aliphatic heterocycles. The van der Waals surface area contributed by atoms with Gasteiger partial charge in [0.2, 0.25) is 0 Å². The third-order valence-electron chi connectivity index (χ3n) is 1.95. The molecule has 1 aromatic heterocycles. The Hall–Kier alpha value is -1.72. The molecule has 0 radical (unpaired) electrons. The molecule has 0 aliphatic carbocycles. The number of ether oxygens (including phenoxy) is 1. The van der Waals surface area contributed by atoms with Crippen LogP contribution in [0, 0.1) is 0 Å². The van der Waals surface area contributed by atoms with E-state index < -0.39 is 18.1 Å². The maximum Gasteiger partial charge on any atom is 0.407 e. The summed E-state index contributed by atoms with van der Waals surface area (Å²) >= 11 is 0. The Labute approximate surface area is 104 Å². The van der Waals surface area contributed by atoms with Gasteiger partial charge in [-0.1, -0.05) is 6.07 Å². The normalized spacial score (nSPS) is 11.4. The van der Waals surface area contributed by atoms with Crippen LogP contribution >= 0.6 is 0 Å². The quantitative estimate of drug-likeness (QED) is 0.906. The Balaban J connectivity index is 2.61. The maximum atomic E-state index is 12.6. The predicted octanol–water partition coefficient (Wildman–Crippen LogP) is 3.04. The van der Waals surface area contributed by atoms with Crippen LogP contribution in [0.1, 0.15) is 38.5 Å². The number of rotatable bonds is 3. The summed E-state index contributed by atoms with van der Waals surface area (Å²) in [5.41, 5.74) is -0.670. The second kappa shape index (κ2) is 5.75. The lowest BCUT2D eigenvalue weighted by Crippen LogP contribution is -2.32. The second-order valence-corrected chi connectivity index (χ2v) is 4.70. The van der Waals surface area contributed by atoms with Gasteiger partial charge in [-0.3, -0.25) is 4.98 Å². The second-order valence-electron chi connectivity index (χ2n) is 4.70. The van der Waals surface area contributed by atoms with Crippen molar-refractivity contribution in [3.05, 3.63) is 29.6 Å². The molecule has 0 saturated heterocycles. The number of amides is 1. The summed E-state index contributed by atoms with van der Waals surface area (Å²) in [7, 11) is 0. The monoisotopic (exact) mass is 258 g/mol. The van der Waals surface area contributed by atoms with Crippen molar-refractivity contribution in [3.63, 3.8) is 0 Å². The Morgan fingerprint density at radius 2 is 2.17 bits per heavy atom. The number of hydrogen-bond donors (Lipinski definition) is 1. The van der Waals surface area contributed by atoms with Crippen LogP contribution in [0.3, 0.4) is 0 Å². The van der Waals surface area contributed by atoms with Crippen molar-refractivity contribution < 1.29 is 18.3 Å². The molecular weight excluding hydrogens is 242 g/mol. The zero-order chi connectivity index (χ0) is 13.8. The van der Waals surface area contributed by atoms with E-state index in [2.05, 4.69) is 10.3 Å². The smallest absolute Gasteiger partial charge is 0.407 e. The van der Waals surface area contributed by atoms with E-state index >= 15 is 0 Å². The van der Waals surface area contributed by atoms with E-state index in [1.54, 1.807) is 20.8 Å². The highest BCUT2D eigenvalue weighted by atomic mass is 19.3. The number of carbonyl (C=O) groups excluding carboxylic acids is 1. The van der Waals surface area contributed by atoms with Crippen LogP contribution < -0.4 is 5.32 Å². The first-order valence-corrected chi connectivity index (χ1v) is 5.48. The fourth-order valence-electron chi connectivity index (χ4n) is 1.28. The van der Waals surface area contributed by atoms with Gasteiger partial charge in [0.15, 0.2) is 0 Å². The van der Waals surface area contributed by atoms with Crippen molar-refractivity contribution in [2.24, 2.45) is 0 Å². The lowest BCUT2D eigenvalue weighted by atomic mass is 10.2. The molecule has 0 bridgehead atoms. The molecular formula is C12H16F2N2O2. The molecule has 4 nitrogen and oxygen atoms in total. The molecule has 0 saturated carbocycles. The number of nitrogens with zero attached hydrogens (tertiary/aromatic N) is 1. The lowest BCUT2D eigenvalue weighted by Gasteiger charge is -2.19. The molecule has 0 fully saturated rings. The van der Waals surface area contributed by atoms with Gasteiger partial charge in [-0.15, -0.1) is 0 Å². The van der Waals surface area contributed by atoms with Gasteiger partial charge >= 0.3 is 6.09 Å². The lowest BCUT2D eigenvalue weighted by molar-refractivity contribution is 0.0522. The number of halogens is 2. The predicted molar refractivity (Wildman–Crippen MR) is 62.3 cm³/mol. The number of hydrogen-bond acceptors (Lipinski definition) is 3. The largest absolute Gasteiger partial charge is 0.444 e. The van der Waals surface area contributed by atoms with Crippen molar-refractivity contribution in [2.75, 3.05) is 0 Å². The number of nitrogens with one attached hydrogen (secondary N) is 1. The summed E-state index contributed by atoms with van der Waals surface area (Å²) in [5, 5.41) is 2.42. The van der Waals surface area contributed by atoms with Gasteiger partial charge < -0.3 is 10.1 Å². The van der Waals surface area contributed by atoms with Gasteiger partial charge in [0, 0.05) is 12.7 Å². The molecule has 1 N–H and O–H groups in total. The van der Waals surface area contributed by atoms with Gasteiger partial charge in [0.05, 0.1) is 0 Å². The van der Waals surface area contributed by atoms with Crippen molar-refractivity contribution in [1.29, 1.82) is 0 Å². The Kier molecular flexibility index (Phi) is 4.58. The van der Waals surface area contributed by atoms with Crippen LogP contribution in [0.4, 0.5) is 13.6 Å². The minimum Gasteiger partial charge on any atom is -0.444 e. The zero-order valence-corrected chi connectivity index (χ0v) is 10.5. The van der Waals surface area contributed by atoms with Crippen LogP contribution in [-0.4, -0.2) is 16.7 Å². The molecule has 0 aromatic carbocycles. The van der Waals surface area contributed by atoms with Crippen LogP contribution in [0.2, 0.25) is 0 Å². The van der Waals surface area contributed by atoms with Crippen LogP contribution in [0.25, 0.3) is 0 Å². The number of alkyl carbamates (subject to hydrolysis) is 1. The SMILES string of the molecule is CC(C)(C)OC(=O)NCc1cccnc1C(F)F. The van der Waals surface area contributed by atoms with Crippen molar-refractivity contribution >= 4 is 6.09 Å². The fourth-order valence-corrected chi connectivity index (χ4v) is 1.28. The molecule has 0 atom stereocenters. The highest BCUT2D eigenvalue weighted by molar-refractivity contribution is 5.67. The van der Waals surface area contributed by atoms with Gasteiger partial charge in [0.25, 0.3) is 6.43 Å². The van der Waals surface area contributed by atoms with Gasteiger partial charge in [-0.2, -0.15) is 0 Å². The first kappa shape index (κ1) is 14.3. The van der Waals surface area contributed by atoms with Crippen LogP contribution in [0.5, 0.6) is 0 Å².